The number of ether oxygens (including phenoxy) is 1. The molecule has 0 saturated carbocycles. The summed E-state index contributed by atoms with van der Waals surface area (Å²) in [5, 5.41) is 22.6. The number of rotatable bonds is 6. The van der Waals surface area contributed by atoms with E-state index in [-0.39, 0.29) is 36.7 Å². The van der Waals surface area contributed by atoms with E-state index in [0.717, 1.165) is 0 Å². The monoisotopic (exact) mass is 449 g/mol. The molecule has 0 spiro atoms. The smallest absolute Gasteiger partial charge is 0.195 e. The number of anilines is 1. The van der Waals surface area contributed by atoms with Gasteiger partial charge in [0.2, 0.25) is 0 Å². The van der Waals surface area contributed by atoms with E-state index in [1.54, 1.807) is 47.2 Å². The van der Waals surface area contributed by atoms with Crippen molar-refractivity contribution in [1.82, 2.24) is 9.55 Å². The van der Waals surface area contributed by atoms with Crippen molar-refractivity contribution in [2.75, 3.05) is 25.1 Å². The van der Waals surface area contributed by atoms with Crippen LogP contribution in [0.2, 0.25) is 0 Å². The summed E-state index contributed by atoms with van der Waals surface area (Å²) >= 11 is 0. The molecule has 0 amide bonds. The molecule has 1 fully saturated rings. The van der Waals surface area contributed by atoms with Crippen LogP contribution in [0.4, 0.5) is 10.1 Å². The van der Waals surface area contributed by atoms with Crippen LogP contribution in [0.25, 0.3) is 11.1 Å². The van der Waals surface area contributed by atoms with Crippen LogP contribution in [0.15, 0.2) is 54.9 Å². The van der Waals surface area contributed by atoms with Crippen LogP contribution in [-0.4, -0.2) is 57.5 Å². The molecule has 0 bridgehead atoms. The number of ketones is 1. The van der Waals surface area contributed by atoms with Gasteiger partial charge in [0.25, 0.3) is 0 Å². The van der Waals surface area contributed by atoms with Crippen LogP contribution in [0.5, 0.6) is 0 Å². The minimum atomic E-state index is -0.616. The Morgan fingerprint density at radius 1 is 1.30 bits per heavy atom. The Kier molecular flexibility index (Phi) is 6.84. The Labute approximate surface area is 190 Å². The summed E-state index contributed by atoms with van der Waals surface area (Å²) < 4.78 is 21.5. The molecule has 1 aliphatic rings. The molecule has 0 aliphatic carbocycles. The lowest BCUT2D eigenvalue weighted by molar-refractivity contribution is 0.0996. The fraction of sp³-hybridized carbons (Fsp3) is 0.280. The Morgan fingerprint density at radius 3 is 2.73 bits per heavy atom. The molecule has 3 N–H and O–H groups in total. The zero-order valence-electron chi connectivity index (χ0n) is 18.0. The molecule has 4 rings (SSSR count). The Bertz CT molecular complexity index is 1200. The van der Waals surface area contributed by atoms with Crippen molar-refractivity contribution in [3.8, 4) is 23.0 Å². The molecule has 2 aromatic carbocycles. The molecule has 1 aliphatic heterocycles. The van der Waals surface area contributed by atoms with E-state index in [1.165, 1.54) is 19.2 Å². The number of nitrogens with zero attached hydrogens (tertiary/aromatic N) is 2. The van der Waals surface area contributed by atoms with Crippen molar-refractivity contribution in [2.24, 2.45) is 0 Å². The van der Waals surface area contributed by atoms with E-state index in [0.29, 0.717) is 29.0 Å². The molecule has 8 heteroatoms. The van der Waals surface area contributed by atoms with Crippen molar-refractivity contribution < 1.29 is 24.1 Å². The van der Waals surface area contributed by atoms with Crippen molar-refractivity contribution in [3.63, 3.8) is 0 Å². The van der Waals surface area contributed by atoms with Gasteiger partial charge in [-0.1, -0.05) is 24.0 Å². The summed E-state index contributed by atoms with van der Waals surface area (Å²) in [4.78, 5) is 15.7. The van der Waals surface area contributed by atoms with Gasteiger partial charge < -0.3 is 24.8 Å². The van der Waals surface area contributed by atoms with Gasteiger partial charge in [-0.2, -0.15) is 0 Å². The zero-order valence-corrected chi connectivity index (χ0v) is 18.0. The zero-order chi connectivity index (χ0) is 23.4. The highest BCUT2D eigenvalue weighted by atomic mass is 19.1. The number of halogens is 1. The summed E-state index contributed by atoms with van der Waals surface area (Å²) in [5.74, 6) is 5.59. The van der Waals surface area contributed by atoms with Crippen molar-refractivity contribution in [3.05, 3.63) is 72.1 Å². The predicted octanol–water partition coefficient (Wildman–Crippen LogP) is 2.65. The van der Waals surface area contributed by atoms with Crippen LogP contribution in [-0.2, 0) is 4.74 Å². The first-order chi connectivity index (χ1) is 16.0. The first-order valence-electron chi connectivity index (χ1n) is 10.5. The Balaban J connectivity index is 1.48. The van der Waals surface area contributed by atoms with Crippen LogP contribution in [0.3, 0.4) is 0 Å². The molecule has 170 valence electrons. The third-order valence-corrected chi connectivity index (χ3v) is 5.44. The van der Waals surface area contributed by atoms with Gasteiger partial charge in [0.05, 0.1) is 32.0 Å². The highest BCUT2D eigenvalue weighted by Gasteiger charge is 2.26. The van der Waals surface area contributed by atoms with Crippen LogP contribution in [0, 0.1) is 17.7 Å². The average molecular weight is 449 g/mol. The lowest BCUT2D eigenvalue weighted by Crippen LogP contribution is -2.31. The van der Waals surface area contributed by atoms with Crippen LogP contribution >= 0.6 is 0 Å². The summed E-state index contributed by atoms with van der Waals surface area (Å²) in [6.07, 6.45) is 2.49. The standard InChI is InChI=1S/C25H24FN3O4/c1-16(31)25-27-10-11-29(25)20(13-30)8-4-17-2-5-18(6-3-17)21-9-7-19(12-22(21)26)28-23-14-33-15-24(23)32/h2-3,5-7,9-12,20,23-24,28,30,32H,13-15H2,1H3/t20-,23?,24-/m0/s1. The van der Waals surface area contributed by atoms with Gasteiger partial charge in [-0.3, -0.25) is 4.79 Å². The highest BCUT2D eigenvalue weighted by Crippen LogP contribution is 2.26. The van der Waals surface area contributed by atoms with Crippen LogP contribution in [0.1, 0.15) is 29.1 Å². The van der Waals surface area contributed by atoms with Crippen molar-refractivity contribution >= 4 is 11.5 Å². The summed E-state index contributed by atoms with van der Waals surface area (Å²) in [5.41, 5.74) is 2.41. The number of aliphatic hydroxyl groups excluding tert-OH is 2. The molecule has 3 aromatic rings. The van der Waals surface area contributed by atoms with Gasteiger partial charge in [-0.25, -0.2) is 9.37 Å². The van der Waals surface area contributed by atoms with E-state index < -0.39 is 12.1 Å². The molecule has 1 aromatic heterocycles. The molecule has 2 heterocycles. The van der Waals surface area contributed by atoms with Gasteiger partial charge in [-0.15, -0.1) is 0 Å². The normalized spacial score (nSPS) is 18.4. The molecule has 3 atom stereocenters. The number of imidazole rings is 1. The number of aromatic nitrogens is 2. The number of hydrogen-bond donors (Lipinski definition) is 3. The maximum atomic E-state index is 14.7. The lowest BCUT2D eigenvalue weighted by Gasteiger charge is -2.16. The lowest BCUT2D eigenvalue weighted by atomic mass is 10.0. The molecule has 1 saturated heterocycles. The molecule has 33 heavy (non-hydrogen) atoms. The number of hydrogen-bond acceptors (Lipinski definition) is 6. The maximum Gasteiger partial charge on any atom is 0.195 e. The number of Topliss-reactive ketones (excluding diaryl/α,β-unsaturated/α-hetero) is 1. The summed E-state index contributed by atoms with van der Waals surface area (Å²) in [6, 6.07) is 11.1. The van der Waals surface area contributed by atoms with Gasteiger partial charge in [-0.05, 0) is 35.9 Å². The SMILES string of the molecule is CC(=O)c1nccn1[C@@H](C#Cc1ccc(-c2ccc(NC3COC[C@@H]3O)cc2F)cc1)CO. The van der Waals surface area contributed by atoms with E-state index in [2.05, 4.69) is 22.1 Å². The fourth-order valence-corrected chi connectivity index (χ4v) is 3.67. The van der Waals surface area contributed by atoms with E-state index >= 15 is 0 Å². The quantitative estimate of drug-likeness (QED) is 0.396. The summed E-state index contributed by atoms with van der Waals surface area (Å²) in [7, 11) is 0. The third kappa shape index (κ3) is 5.12. The highest BCUT2D eigenvalue weighted by molar-refractivity contribution is 5.90. The van der Waals surface area contributed by atoms with Gasteiger partial charge >= 0.3 is 0 Å². The Hall–Kier alpha value is -3.51. The topological polar surface area (TPSA) is 96.6 Å². The molecule has 1 unspecified atom stereocenters. The number of benzene rings is 2. The second kappa shape index (κ2) is 9.96. The minimum absolute atomic E-state index is 0.208. The Morgan fingerprint density at radius 2 is 2.09 bits per heavy atom. The molecule has 7 nitrogen and oxygen atoms in total. The fourth-order valence-electron chi connectivity index (χ4n) is 3.67. The second-order valence-electron chi connectivity index (χ2n) is 7.81. The maximum absolute atomic E-state index is 14.7. The van der Waals surface area contributed by atoms with E-state index in [4.69, 9.17) is 4.74 Å². The molecular formula is C25H24FN3O4. The van der Waals surface area contributed by atoms with Gasteiger partial charge in [0.15, 0.2) is 11.6 Å². The van der Waals surface area contributed by atoms with Gasteiger partial charge in [0.1, 0.15) is 11.9 Å². The van der Waals surface area contributed by atoms with Crippen LogP contribution < -0.4 is 5.32 Å². The molecule has 0 radical (unpaired) electrons. The van der Waals surface area contributed by atoms with E-state index in [1.807, 2.05) is 0 Å². The van der Waals surface area contributed by atoms with Crippen molar-refractivity contribution in [2.45, 2.75) is 25.1 Å². The first kappa shape index (κ1) is 22.7. The number of carbonyl (C=O) groups is 1. The predicted molar refractivity (Wildman–Crippen MR) is 121 cm³/mol. The van der Waals surface area contributed by atoms with Crippen molar-refractivity contribution in [1.29, 1.82) is 0 Å². The molecular weight excluding hydrogens is 425 g/mol. The third-order valence-electron chi connectivity index (χ3n) is 5.44. The average Bonchev–Trinajstić information content (AvgIpc) is 3.45. The number of carbonyl (C=O) groups excluding carboxylic acids is 1. The summed E-state index contributed by atoms with van der Waals surface area (Å²) in [6.45, 7) is 1.79. The largest absolute Gasteiger partial charge is 0.393 e. The number of aliphatic hydroxyl groups is 2. The number of nitrogens with one attached hydrogen (secondary N) is 1. The first-order valence-corrected chi connectivity index (χ1v) is 10.5. The second-order valence-corrected chi connectivity index (χ2v) is 7.81. The minimum Gasteiger partial charge on any atom is -0.393 e. The van der Waals surface area contributed by atoms with Gasteiger partial charge in [0, 0.05) is 36.1 Å². The van der Waals surface area contributed by atoms with E-state index in [9.17, 15) is 19.4 Å².